The molecule has 0 radical (unpaired) electrons. The molecule has 1 aliphatic heterocycles. The maximum Gasteiger partial charge on any atom is 0.258 e. The van der Waals surface area contributed by atoms with Crippen molar-refractivity contribution in [2.75, 3.05) is 20.8 Å². The monoisotopic (exact) mass is 489 g/mol. The molecule has 8 heteroatoms. The van der Waals surface area contributed by atoms with Gasteiger partial charge in [0.05, 0.1) is 25.5 Å². The van der Waals surface area contributed by atoms with E-state index in [-0.39, 0.29) is 18.4 Å². The number of amides is 2. The van der Waals surface area contributed by atoms with E-state index in [2.05, 4.69) is 10.3 Å². The van der Waals surface area contributed by atoms with E-state index in [1.807, 2.05) is 42.5 Å². The van der Waals surface area contributed by atoms with Crippen molar-refractivity contribution in [2.45, 2.75) is 38.5 Å². The van der Waals surface area contributed by atoms with E-state index in [1.165, 1.54) is 7.11 Å². The highest BCUT2D eigenvalue weighted by Gasteiger charge is 2.33. The van der Waals surface area contributed by atoms with Gasteiger partial charge >= 0.3 is 0 Å². The molecule has 0 saturated carbocycles. The summed E-state index contributed by atoms with van der Waals surface area (Å²) >= 11 is 0. The summed E-state index contributed by atoms with van der Waals surface area (Å²) in [6.45, 7) is 1.24. The summed E-state index contributed by atoms with van der Waals surface area (Å²) in [7, 11) is 3.06. The van der Waals surface area contributed by atoms with Gasteiger partial charge in [-0.3, -0.25) is 14.6 Å². The number of methoxy groups -OCH3 is 2. The molecule has 8 nitrogen and oxygen atoms in total. The molecule has 188 valence electrons. The molecule has 36 heavy (non-hydrogen) atoms. The maximum absolute atomic E-state index is 13.9. The Kier molecular flexibility index (Phi) is 8.39. The minimum Gasteiger partial charge on any atom is -0.497 e. The molecule has 1 aromatic heterocycles. The Morgan fingerprint density at radius 3 is 2.56 bits per heavy atom. The molecule has 2 heterocycles. The van der Waals surface area contributed by atoms with E-state index in [4.69, 9.17) is 14.2 Å². The van der Waals surface area contributed by atoms with Gasteiger partial charge in [-0.1, -0.05) is 18.2 Å². The van der Waals surface area contributed by atoms with E-state index in [9.17, 15) is 9.59 Å². The van der Waals surface area contributed by atoms with Crippen LogP contribution in [0.25, 0.3) is 0 Å². The van der Waals surface area contributed by atoms with Gasteiger partial charge in [-0.2, -0.15) is 0 Å². The number of pyridine rings is 1. The van der Waals surface area contributed by atoms with Crippen LogP contribution in [0.2, 0.25) is 0 Å². The minimum atomic E-state index is -0.587. The molecule has 1 atom stereocenters. The Labute approximate surface area is 211 Å². The van der Waals surface area contributed by atoms with Crippen LogP contribution in [0.1, 0.15) is 40.9 Å². The third kappa shape index (κ3) is 6.13. The largest absolute Gasteiger partial charge is 0.497 e. The van der Waals surface area contributed by atoms with Crippen molar-refractivity contribution in [3.63, 3.8) is 0 Å². The quantitative estimate of drug-likeness (QED) is 0.489. The second kappa shape index (κ2) is 12.1. The van der Waals surface area contributed by atoms with E-state index < -0.39 is 6.04 Å². The van der Waals surface area contributed by atoms with E-state index in [0.29, 0.717) is 42.4 Å². The Balaban J connectivity index is 1.57. The average Bonchev–Trinajstić information content (AvgIpc) is 3.15. The van der Waals surface area contributed by atoms with Crippen LogP contribution in [0.3, 0.4) is 0 Å². The van der Waals surface area contributed by atoms with Gasteiger partial charge in [0.25, 0.3) is 5.91 Å². The summed E-state index contributed by atoms with van der Waals surface area (Å²) in [5.74, 6) is 1.24. The van der Waals surface area contributed by atoms with Crippen LogP contribution in [-0.4, -0.2) is 48.5 Å². The molecule has 0 bridgehead atoms. The van der Waals surface area contributed by atoms with Crippen molar-refractivity contribution in [3.8, 4) is 17.2 Å². The first-order valence-electron chi connectivity index (χ1n) is 12.0. The Morgan fingerprint density at radius 1 is 1.03 bits per heavy atom. The van der Waals surface area contributed by atoms with Crippen LogP contribution in [-0.2, 0) is 17.9 Å². The standard InChI is InChI=1S/C28H31N3O5/c1-34-23-13-14-26(35-2)24(17-23)28(33)31(25-8-4-6-16-30-27(25)32)18-20-9-11-22(12-10-20)36-19-21-7-3-5-15-29-21/h3,5,7,9-15,17,25H,4,6,8,16,18-19H2,1-2H3,(H,30,32)/t25-/m0/s1. The molecule has 3 aromatic rings. The van der Waals surface area contributed by atoms with E-state index >= 15 is 0 Å². The molecule has 0 spiro atoms. The van der Waals surface area contributed by atoms with Crippen LogP contribution in [0.15, 0.2) is 66.9 Å². The second-order valence-corrected chi connectivity index (χ2v) is 8.56. The highest BCUT2D eigenvalue weighted by Crippen LogP contribution is 2.28. The molecule has 0 aliphatic carbocycles. The average molecular weight is 490 g/mol. The number of hydrogen-bond acceptors (Lipinski definition) is 6. The number of benzene rings is 2. The van der Waals surface area contributed by atoms with Gasteiger partial charge in [0.1, 0.15) is 29.9 Å². The predicted octanol–water partition coefficient (Wildman–Crippen LogP) is 3.99. The fourth-order valence-corrected chi connectivity index (χ4v) is 4.21. The van der Waals surface area contributed by atoms with Crippen LogP contribution >= 0.6 is 0 Å². The zero-order chi connectivity index (χ0) is 25.3. The van der Waals surface area contributed by atoms with Gasteiger partial charge in [0, 0.05) is 19.3 Å². The molecule has 1 N–H and O–H groups in total. The van der Waals surface area contributed by atoms with Gasteiger partial charge in [-0.25, -0.2) is 0 Å². The lowest BCUT2D eigenvalue weighted by Crippen LogP contribution is -2.48. The lowest BCUT2D eigenvalue weighted by Gasteiger charge is -2.31. The molecule has 1 saturated heterocycles. The van der Waals surface area contributed by atoms with E-state index in [1.54, 1.807) is 36.4 Å². The smallest absolute Gasteiger partial charge is 0.258 e. The topological polar surface area (TPSA) is 90.0 Å². The van der Waals surface area contributed by atoms with Crippen LogP contribution < -0.4 is 19.5 Å². The fourth-order valence-electron chi connectivity index (χ4n) is 4.21. The van der Waals surface area contributed by atoms with E-state index in [0.717, 1.165) is 24.1 Å². The first-order chi connectivity index (χ1) is 17.6. The minimum absolute atomic E-state index is 0.141. The lowest BCUT2D eigenvalue weighted by molar-refractivity contribution is -0.125. The summed E-state index contributed by atoms with van der Waals surface area (Å²) in [4.78, 5) is 32.7. The van der Waals surface area contributed by atoms with Crippen molar-refractivity contribution >= 4 is 11.8 Å². The van der Waals surface area contributed by atoms with Gasteiger partial charge in [0.15, 0.2) is 0 Å². The third-order valence-electron chi connectivity index (χ3n) is 6.17. The van der Waals surface area contributed by atoms with Gasteiger partial charge in [0.2, 0.25) is 5.91 Å². The van der Waals surface area contributed by atoms with Crippen LogP contribution in [0, 0.1) is 0 Å². The molecular formula is C28H31N3O5. The predicted molar refractivity (Wildman–Crippen MR) is 135 cm³/mol. The third-order valence-corrected chi connectivity index (χ3v) is 6.17. The van der Waals surface area contributed by atoms with Gasteiger partial charge in [-0.15, -0.1) is 0 Å². The number of carbonyl (C=O) groups is 2. The van der Waals surface area contributed by atoms with Crippen molar-refractivity contribution < 1.29 is 23.8 Å². The molecule has 0 unspecified atom stereocenters. The first-order valence-corrected chi connectivity index (χ1v) is 12.0. The van der Waals surface area contributed by atoms with Crippen LogP contribution in [0.5, 0.6) is 17.2 Å². The molecule has 2 aromatic carbocycles. The highest BCUT2D eigenvalue weighted by atomic mass is 16.5. The number of carbonyl (C=O) groups excluding carboxylic acids is 2. The highest BCUT2D eigenvalue weighted by molar-refractivity contribution is 6.00. The van der Waals surface area contributed by atoms with Crippen molar-refractivity contribution in [2.24, 2.45) is 0 Å². The molecule has 1 fully saturated rings. The molecule has 4 rings (SSSR count). The fraction of sp³-hybridized carbons (Fsp3) is 0.321. The number of nitrogens with zero attached hydrogens (tertiary/aromatic N) is 2. The second-order valence-electron chi connectivity index (χ2n) is 8.56. The summed E-state index contributed by atoms with van der Waals surface area (Å²) in [6.07, 6.45) is 4.06. The number of nitrogens with one attached hydrogen (secondary N) is 1. The first kappa shape index (κ1) is 25.0. The zero-order valence-electron chi connectivity index (χ0n) is 20.6. The van der Waals surface area contributed by atoms with Crippen LogP contribution in [0.4, 0.5) is 0 Å². The van der Waals surface area contributed by atoms with Gasteiger partial charge < -0.3 is 24.4 Å². The number of aromatic nitrogens is 1. The Bertz CT molecular complexity index is 1170. The van der Waals surface area contributed by atoms with Crippen molar-refractivity contribution in [1.82, 2.24) is 15.2 Å². The Hall–Kier alpha value is -4.07. The molecule has 1 aliphatic rings. The SMILES string of the molecule is COc1ccc(OC)c(C(=O)N(Cc2ccc(OCc3ccccn3)cc2)[C@H]2CCCCNC2=O)c1. The maximum atomic E-state index is 13.9. The summed E-state index contributed by atoms with van der Waals surface area (Å²) in [6, 6.07) is 17.7. The molecule has 2 amide bonds. The van der Waals surface area contributed by atoms with Crippen molar-refractivity contribution in [1.29, 1.82) is 0 Å². The number of rotatable bonds is 9. The molecular weight excluding hydrogens is 458 g/mol. The Morgan fingerprint density at radius 2 is 1.83 bits per heavy atom. The summed E-state index contributed by atoms with van der Waals surface area (Å²) < 4.78 is 16.6. The summed E-state index contributed by atoms with van der Waals surface area (Å²) in [5, 5.41) is 2.95. The summed E-state index contributed by atoms with van der Waals surface area (Å²) in [5.41, 5.74) is 2.07. The number of ether oxygens (including phenoxy) is 3. The van der Waals surface area contributed by atoms with Crippen molar-refractivity contribution in [3.05, 3.63) is 83.7 Å². The number of hydrogen-bond donors (Lipinski definition) is 1. The van der Waals surface area contributed by atoms with Gasteiger partial charge in [-0.05, 0) is 67.3 Å². The zero-order valence-corrected chi connectivity index (χ0v) is 20.6. The lowest BCUT2D eigenvalue weighted by atomic mass is 10.0. The normalized spacial score (nSPS) is 15.4.